The molecule has 0 saturated carbocycles. The molecule has 0 atom stereocenters. The number of nitrogen functional groups attached to an aromatic ring is 1. The first-order valence-corrected chi connectivity index (χ1v) is 11.7. The van der Waals surface area contributed by atoms with Crippen LogP contribution in [0.1, 0.15) is 57.2 Å². The van der Waals surface area contributed by atoms with Crippen LogP contribution in [-0.2, 0) is 4.79 Å². The molecular weight excluding hydrogens is 438 g/mol. The van der Waals surface area contributed by atoms with Crippen molar-refractivity contribution in [2.75, 3.05) is 18.4 Å². The molecule has 33 heavy (non-hydrogen) atoms. The molecule has 2 aromatic rings. The third-order valence-corrected chi connectivity index (χ3v) is 6.69. The molecule has 9 heteroatoms. The zero-order valence-electron chi connectivity index (χ0n) is 19.4. The number of thiophene rings is 1. The summed E-state index contributed by atoms with van der Waals surface area (Å²) in [7, 11) is 0. The quantitative estimate of drug-likeness (QED) is 0.164. The first-order chi connectivity index (χ1) is 15.7. The van der Waals surface area contributed by atoms with Gasteiger partial charge in [0.1, 0.15) is 11.3 Å². The Morgan fingerprint density at radius 2 is 1.67 bits per heavy atom. The Bertz CT molecular complexity index is 1130. The smallest absolute Gasteiger partial charge is 0.306 e. The number of likely N-dealkylation sites (tertiary alicyclic amines) is 1. The van der Waals surface area contributed by atoms with Crippen LogP contribution in [-0.4, -0.2) is 41.4 Å². The largest absolute Gasteiger partial charge is 0.338 e. The summed E-state index contributed by atoms with van der Waals surface area (Å²) in [5.74, 6) is -0.818. The van der Waals surface area contributed by atoms with Crippen molar-refractivity contribution in [1.82, 2.24) is 10.3 Å². The maximum Gasteiger partial charge on any atom is 0.306 e. The van der Waals surface area contributed by atoms with Crippen molar-refractivity contribution >= 4 is 40.5 Å². The van der Waals surface area contributed by atoms with Gasteiger partial charge in [0, 0.05) is 31.4 Å². The van der Waals surface area contributed by atoms with E-state index >= 15 is 0 Å². The predicted molar refractivity (Wildman–Crippen MR) is 129 cm³/mol. The Kier molecular flexibility index (Phi) is 7.78. The van der Waals surface area contributed by atoms with Crippen LogP contribution in [0.25, 0.3) is 0 Å². The fourth-order valence-electron chi connectivity index (χ4n) is 3.63. The highest BCUT2D eigenvalue weighted by Crippen LogP contribution is 2.20. The second-order valence-electron chi connectivity index (χ2n) is 8.22. The van der Waals surface area contributed by atoms with E-state index in [4.69, 9.17) is 5.41 Å². The number of nitrogens with zero attached hydrogens (tertiary/aromatic N) is 1. The number of amides is 3. The Labute approximate surface area is 197 Å². The lowest BCUT2D eigenvalue weighted by Crippen LogP contribution is -2.92. The van der Waals surface area contributed by atoms with Gasteiger partial charge in [0.25, 0.3) is 11.8 Å². The number of quaternary nitrogens is 1. The van der Waals surface area contributed by atoms with Crippen molar-refractivity contribution in [1.29, 1.82) is 5.41 Å². The molecule has 8 nitrogen and oxygen atoms in total. The van der Waals surface area contributed by atoms with Crippen LogP contribution in [0.5, 0.6) is 0 Å². The van der Waals surface area contributed by atoms with Crippen LogP contribution in [0.4, 0.5) is 5.69 Å². The molecule has 3 rings (SSSR count). The number of aryl methyl sites for hydroxylation is 2. The minimum absolute atomic E-state index is 0.0404. The number of benzene rings is 1. The molecule has 0 unspecified atom stereocenters. The lowest BCUT2D eigenvalue weighted by atomic mass is 10.1. The van der Waals surface area contributed by atoms with E-state index in [-0.39, 0.29) is 23.1 Å². The number of carbonyl (C=O) groups excluding carboxylic acids is 3. The van der Waals surface area contributed by atoms with Gasteiger partial charge in [0.2, 0.25) is 0 Å². The number of nitrogens with two attached hydrogens (primary N) is 1. The van der Waals surface area contributed by atoms with Crippen LogP contribution in [0.3, 0.4) is 0 Å². The van der Waals surface area contributed by atoms with Crippen molar-refractivity contribution < 1.29 is 19.8 Å². The summed E-state index contributed by atoms with van der Waals surface area (Å²) >= 11 is 1.15. The zero-order valence-corrected chi connectivity index (χ0v) is 20.2. The number of rotatable bonds is 7. The van der Waals surface area contributed by atoms with E-state index in [0.29, 0.717) is 21.1 Å². The normalized spacial score (nSPS) is 14.0. The van der Waals surface area contributed by atoms with Gasteiger partial charge in [-0.25, -0.2) is 5.43 Å². The standard InChI is InChI=1S/C24H29N5O3S/c1-14-7-8-18(13-15(14)2)26-23(31)21(16(3)25)17(4)27-28-22(30)19-9-10-20(33-19)24(32)29-11-5-6-12-29/h7-10,13,25,27H,5-6,11-12H2,1-4H3,(H,26,31)(H,28,30)/p+1. The van der Waals surface area contributed by atoms with Crippen molar-refractivity contribution in [3.8, 4) is 0 Å². The van der Waals surface area contributed by atoms with Crippen LogP contribution < -0.4 is 16.2 Å². The lowest BCUT2D eigenvalue weighted by Gasteiger charge is -2.13. The number of allylic oxidation sites excluding steroid dienone is 1. The van der Waals surface area contributed by atoms with Crippen LogP contribution in [0.2, 0.25) is 0 Å². The zero-order chi connectivity index (χ0) is 24.1. The highest BCUT2D eigenvalue weighted by Gasteiger charge is 2.23. The Morgan fingerprint density at radius 3 is 2.30 bits per heavy atom. The third-order valence-electron chi connectivity index (χ3n) is 5.61. The van der Waals surface area contributed by atoms with E-state index in [2.05, 4.69) is 10.7 Å². The molecule has 3 amide bonds. The molecule has 0 spiro atoms. The summed E-state index contributed by atoms with van der Waals surface area (Å²) in [5.41, 5.74) is 7.67. The molecule has 0 radical (unpaired) electrons. The van der Waals surface area contributed by atoms with Crippen LogP contribution in [0, 0.1) is 19.3 Å². The van der Waals surface area contributed by atoms with Gasteiger partial charge in [-0.05, 0) is 69.0 Å². The molecule has 1 aliphatic heterocycles. The van der Waals surface area contributed by atoms with Crippen molar-refractivity contribution in [2.45, 2.75) is 40.5 Å². The SMILES string of the molecule is CC(=N)C(C(=O)Nc1ccc(C)c(C)c1)=C(C)[NH2+]NC(=O)c1ccc(C(=O)N2CCCC2)s1. The van der Waals surface area contributed by atoms with E-state index in [0.717, 1.165) is 48.4 Å². The molecule has 0 aliphatic carbocycles. The number of hydrogen-bond acceptors (Lipinski definition) is 5. The maximum atomic E-state index is 12.8. The molecule has 1 fully saturated rings. The molecular formula is C24H30N5O3S+. The van der Waals surface area contributed by atoms with E-state index in [1.165, 1.54) is 12.3 Å². The second-order valence-corrected chi connectivity index (χ2v) is 9.30. The minimum Gasteiger partial charge on any atom is -0.338 e. The summed E-state index contributed by atoms with van der Waals surface area (Å²) in [5, 5.41) is 10.9. The Hall–Kier alpha value is -3.30. The average molecular weight is 469 g/mol. The number of carbonyl (C=O) groups is 3. The van der Waals surface area contributed by atoms with Crippen molar-refractivity contribution in [2.24, 2.45) is 0 Å². The van der Waals surface area contributed by atoms with Crippen molar-refractivity contribution in [3.63, 3.8) is 0 Å². The van der Waals surface area contributed by atoms with Gasteiger partial charge in [-0.2, -0.15) is 5.43 Å². The molecule has 1 aliphatic rings. The summed E-state index contributed by atoms with van der Waals surface area (Å²) in [4.78, 5) is 40.7. The van der Waals surface area contributed by atoms with E-state index < -0.39 is 5.91 Å². The maximum absolute atomic E-state index is 12.8. The fourth-order valence-corrected chi connectivity index (χ4v) is 4.50. The summed E-state index contributed by atoms with van der Waals surface area (Å²) in [6.45, 7) is 8.67. The number of nitrogens with one attached hydrogen (secondary N) is 3. The van der Waals surface area contributed by atoms with E-state index in [9.17, 15) is 14.4 Å². The fraction of sp³-hybridized carbons (Fsp3) is 0.333. The first-order valence-electron chi connectivity index (χ1n) is 10.9. The van der Waals surface area contributed by atoms with Gasteiger partial charge in [-0.3, -0.25) is 14.4 Å². The first kappa shape index (κ1) is 24.3. The highest BCUT2D eigenvalue weighted by molar-refractivity contribution is 7.15. The second kappa shape index (κ2) is 10.5. The molecule has 0 bridgehead atoms. The van der Waals surface area contributed by atoms with E-state index in [1.807, 2.05) is 32.0 Å². The van der Waals surface area contributed by atoms with E-state index in [1.54, 1.807) is 24.0 Å². The lowest BCUT2D eigenvalue weighted by molar-refractivity contribution is -0.651. The molecule has 1 aromatic carbocycles. The van der Waals surface area contributed by atoms with Gasteiger partial charge in [-0.15, -0.1) is 11.3 Å². The third kappa shape index (κ3) is 5.94. The molecule has 1 saturated heterocycles. The average Bonchev–Trinajstić information content (AvgIpc) is 3.46. The monoisotopic (exact) mass is 468 g/mol. The summed E-state index contributed by atoms with van der Waals surface area (Å²) in [6.07, 6.45) is 2.02. The van der Waals surface area contributed by atoms with Gasteiger partial charge in [-0.1, -0.05) is 6.07 Å². The highest BCUT2D eigenvalue weighted by atomic mass is 32.1. The molecule has 2 heterocycles. The van der Waals surface area contributed by atoms with Gasteiger partial charge in [0.15, 0.2) is 0 Å². The van der Waals surface area contributed by atoms with Crippen LogP contribution >= 0.6 is 11.3 Å². The summed E-state index contributed by atoms with van der Waals surface area (Å²) in [6, 6.07) is 8.92. The van der Waals surface area contributed by atoms with Crippen LogP contribution in [0.15, 0.2) is 41.6 Å². The molecule has 5 N–H and O–H groups in total. The topological polar surface area (TPSA) is 119 Å². The number of anilines is 1. The number of hydrogen-bond donors (Lipinski definition) is 4. The van der Waals surface area contributed by atoms with Crippen molar-refractivity contribution in [3.05, 3.63) is 62.5 Å². The summed E-state index contributed by atoms with van der Waals surface area (Å²) < 4.78 is 0. The Balaban J connectivity index is 1.66. The Morgan fingerprint density at radius 1 is 1.00 bits per heavy atom. The molecule has 1 aromatic heterocycles. The predicted octanol–water partition coefficient (Wildman–Crippen LogP) is 2.76. The molecule has 174 valence electrons. The minimum atomic E-state index is -0.414. The van der Waals surface area contributed by atoms with Gasteiger partial charge >= 0.3 is 5.91 Å². The van der Waals surface area contributed by atoms with Gasteiger partial charge in [0.05, 0.1) is 9.75 Å². The van der Waals surface area contributed by atoms with Gasteiger partial charge < -0.3 is 15.6 Å².